The molecule has 0 aromatic rings. The van der Waals surface area contributed by atoms with Crippen molar-refractivity contribution in [2.24, 2.45) is 0 Å². The van der Waals surface area contributed by atoms with E-state index in [1.807, 2.05) is 9.80 Å². The summed E-state index contributed by atoms with van der Waals surface area (Å²) in [6.07, 6.45) is 0. The molecule has 0 spiro atoms. The van der Waals surface area contributed by atoms with Crippen molar-refractivity contribution < 1.29 is 55.0 Å². The Balaban J connectivity index is 0.000000682. The van der Waals surface area contributed by atoms with Crippen molar-refractivity contribution in [3.05, 3.63) is 0 Å². The van der Waals surface area contributed by atoms with Crippen LogP contribution in [-0.4, -0.2) is 150 Å². The molecule has 2 rings (SSSR count). The molecule has 2 heterocycles. The summed E-state index contributed by atoms with van der Waals surface area (Å²) in [6, 6.07) is 0. The van der Waals surface area contributed by atoms with Crippen molar-refractivity contribution in [2.75, 3.05) is 132 Å². The van der Waals surface area contributed by atoms with Crippen molar-refractivity contribution in [1.29, 1.82) is 0 Å². The molecular weight excluding hydrogens is 612 g/mol. The monoisotopic (exact) mass is 651 g/mol. The fourth-order valence-electron chi connectivity index (χ4n) is 2.81. The first-order valence-corrected chi connectivity index (χ1v) is 13.8. The third-order valence-corrected chi connectivity index (χ3v) is 5.80. The molecule has 0 aromatic carbocycles. The van der Waals surface area contributed by atoms with Gasteiger partial charge in [0.15, 0.2) is 0 Å². The van der Waals surface area contributed by atoms with E-state index in [9.17, 15) is 0 Å². The molecule has 0 saturated carbocycles. The summed E-state index contributed by atoms with van der Waals surface area (Å²) >= 11 is 20.0. The van der Waals surface area contributed by atoms with Crippen LogP contribution in [0.5, 0.6) is 0 Å². The molecule has 0 aromatic heterocycles. The molecule has 2 fully saturated rings. The van der Waals surface area contributed by atoms with E-state index in [2.05, 4.69) is 0 Å². The molecule has 0 unspecified atom stereocenters. The average molecular weight is 652 g/mol. The van der Waals surface area contributed by atoms with Crippen LogP contribution in [0.1, 0.15) is 0 Å². The first-order valence-electron chi connectivity index (χ1n) is 12.1. The first-order chi connectivity index (χ1) is 17.6. The minimum Gasteiger partial charge on any atom is -0.411 e. The van der Waals surface area contributed by atoms with Crippen molar-refractivity contribution in [1.82, 2.24) is 9.80 Å². The summed E-state index contributed by atoms with van der Waals surface area (Å²) in [7, 11) is 0. The number of ether oxygens (including phenoxy) is 8. The summed E-state index contributed by atoms with van der Waals surface area (Å²) in [4.78, 5) is 3.82. The standard InChI is InChI=1S/2C11H21NO4S2.Cu/c2*17-11(18)12-1-3-13-5-7-15-9-10-16-8-6-14-4-2-12;/h2*1-10H2,(H,17,18);/q;;+2/p-2. The molecule has 221 valence electrons. The second-order valence-electron chi connectivity index (χ2n) is 7.40. The third kappa shape index (κ3) is 24.0. The summed E-state index contributed by atoms with van der Waals surface area (Å²) < 4.78 is 44.0. The van der Waals surface area contributed by atoms with Gasteiger partial charge >= 0.3 is 17.1 Å². The minimum absolute atomic E-state index is 0. The van der Waals surface area contributed by atoms with Crippen molar-refractivity contribution in [3.8, 4) is 0 Å². The Kier molecular flexibility index (Phi) is 28.3. The van der Waals surface area contributed by atoms with Gasteiger partial charge in [-0.25, -0.2) is 0 Å². The van der Waals surface area contributed by atoms with Crippen LogP contribution in [-0.2, 0) is 80.2 Å². The summed E-state index contributed by atoms with van der Waals surface area (Å²) in [5, 5.41) is 0. The van der Waals surface area contributed by atoms with Gasteiger partial charge in [-0.3, -0.25) is 0 Å². The average Bonchev–Trinajstić information content (AvgIpc) is 2.87. The van der Waals surface area contributed by atoms with E-state index in [1.54, 1.807) is 0 Å². The number of rotatable bonds is 0. The van der Waals surface area contributed by atoms with E-state index < -0.39 is 0 Å². The molecule has 0 atom stereocenters. The molecule has 0 bridgehead atoms. The van der Waals surface area contributed by atoms with E-state index in [-0.39, 0.29) is 17.1 Å². The molecule has 0 aliphatic carbocycles. The van der Waals surface area contributed by atoms with Crippen LogP contribution in [0.3, 0.4) is 0 Å². The number of hydrogen-bond donors (Lipinski definition) is 0. The van der Waals surface area contributed by atoms with E-state index in [0.717, 1.165) is 0 Å². The maximum atomic E-state index is 5.44. The Morgan fingerprint density at radius 1 is 0.378 bits per heavy atom. The van der Waals surface area contributed by atoms with Crippen LogP contribution < -0.4 is 0 Å². The Hall–Kier alpha value is 0.419. The van der Waals surface area contributed by atoms with Crippen LogP contribution in [0.4, 0.5) is 0 Å². The van der Waals surface area contributed by atoms with Gasteiger partial charge in [-0.2, -0.15) is 0 Å². The zero-order chi connectivity index (χ0) is 26.1. The predicted octanol–water partition coefficient (Wildman–Crippen LogP) is 0.398. The molecule has 2 aliphatic rings. The van der Waals surface area contributed by atoms with Gasteiger partial charge in [0, 0.05) is 26.2 Å². The topological polar surface area (TPSA) is 80.3 Å². The molecule has 0 N–H and O–H groups in total. The van der Waals surface area contributed by atoms with Gasteiger partial charge in [0.2, 0.25) is 0 Å². The van der Waals surface area contributed by atoms with Gasteiger partial charge in [0.1, 0.15) is 0 Å². The van der Waals surface area contributed by atoms with E-state index in [1.165, 1.54) is 0 Å². The minimum atomic E-state index is 0. The first kappa shape index (κ1) is 37.4. The van der Waals surface area contributed by atoms with Gasteiger partial charge in [-0.1, -0.05) is 8.64 Å². The molecule has 2 saturated heterocycles. The number of nitrogens with zero attached hydrogens (tertiary/aromatic N) is 2. The van der Waals surface area contributed by atoms with Crippen LogP contribution in [0, 0.1) is 0 Å². The molecule has 1 radical (unpaired) electrons. The van der Waals surface area contributed by atoms with Crippen LogP contribution in [0.15, 0.2) is 0 Å². The smallest absolute Gasteiger partial charge is 0.411 e. The van der Waals surface area contributed by atoms with Gasteiger partial charge < -0.3 is 97.4 Å². The molecule has 2 aliphatic heterocycles. The zero-order valence-corrected chi connectivity index (χ0v) is 25.4. The van der Waals surface area contributed by atoms with Crippen molar-refractivity contribution in [2.45, 2.75) is 0 Å². The quantitative estimate of drug-likeness (QED) is 0.206. The molecule has 10 nitrogen and oxygen atoms in total. The Morgan fingerprint density at radius 3 is 0.703 bits per heavy atom. The number of thiocarbonyl (C=S) groups is 2. The molecule has 0 amide bonds. The molecular formula is C22H40CuN2O8S4. The fraction of sp³-hybridized carbons (Fsp3) is 0.909. The molecule has 15 heteroatoms. The zero-order valence-electron chi connectivity index (χ0n) is 21.2. The summed E-state index contributed by atoms with van der Waals surface area (Å²) in [5.41, 5.74) is 0. The molecule has 37 heavy (non-hydrogen) atoms. The van der Waals surface area contributed by atoms with Crippen molar-refractivity contribution in [3.63, 3.8) is 0 Å². The van der Waals surface area contributed by atoms with Gasteiger partial charge in [0.25, 0.3) is 0 Å². The van der Waals surface area contributed by atoms with Gasteiger partial charge in [-0.15, -0.1) is 0 Å². The van der Waals surface area contributed by atoms with Crippen LogP contribution in [0.25, 0.3) is 0 Å². The fourth-order valence-corrected chi connectivity index (χ4v) is 3.54. The van der Waals surface area contributed by atoms with E-state index in [4.69, 9.17) is 87.6 Å². The van der Waals surface area contributed by atoms with Gasteiger partial charge in [0.05, 0.1) is 106 Å². The van der Waals surface area contributed by atoms with Gasteiger partial charge in [-0.05, 0) is 0 Å². The summed E-state index contributed by atoms with van der Waals surface area (Å²) in [6.45, 7) is 12.2. The maximum absolute atomic E-state index is 5.44. The second-order valence-corrected chi connectivity index (χ2v) is 9.47. The van der Waals surface area contributed by atoms with E-state index >= 15 is 0 Å². The Morgan fingerprint density at radius 2 is 0.541 bits per heavy atom. The summed E-state index contributed by atoms with van der Waals surface area (Å²) in [5.74, 6) is 0. The second kappa shape index (κ2) is 28.0. The SMILES string of the molecule is S=C([S-])N1CCOCCOCCOCCOCC1.S=C([S-])N1CCOCCOCCOCCOCC1.[Cu+2]. The van der Waals surface area contributed by atoms with Crippen LogP contribution >= 0.6 is 24.4 Å². The Bertz CT molecular complexity index is 483. The normalized spacial score (nSPS) is 21.3. The van der Waals surface area contributed by atoms with Crippen LogP contribution in [0.2, 0.25) is 0 Å². The maximum Gasteiger partial charge on any atom is 2.00 e. The predicted molar refractivity (Wildman–Crippen MR) is 150 cm³/mol. The third-order valence-electron chi connectivity index (χ3n) is 4.77. The van der Waals surface area contributed by atoms with E-state index in [0.29, 0.717) is 141 Å². The Labute approximate surface area is 253 Å². The van der Waals surface area contributed by atoms with Crippen molar-refractivity contribution >= 4 is 58.3 Å². The number of hydrogen-bond acceptors (Lipinski definition) is 12. The largest absolute Gasteiger partial charge is 2.00 e.